The van der Waals surface area contributed by atoms with Crippen molar-refractivity contribution in [1.29, 1.82) is 0 Å². The normalized spacial score (nSPS) is 10.4. The fraction of sp³-hybridized carbons (Fsp3) is 0.200. The van der Waals surface area contributed by atoms with Crippen LogP contribution in [0.2, 0.25) is 5.02 Å². The van der Waals surface area contributed by atoms with Crippen LogP contribution in [0.5, 0.6) is 5.75 Å². The summed E-state index contributed by atoms with van der Waals surface area (Å²) in [5.41, 5.74) is 8.50. The summed E-state index contributed by atoms with van der Waals surface area (Å²) in [6.07, 6.45) is 0. The molecule has 0 radical (unpaired) electrons. The smallest absolute Gasteiger partial charge is 0.120 e. The summed E-state index contributed by atoms with van der Waals surface area (Å²) in [6, 6.07) is 13.1. The van der Waals surface area contributed by atoms with Crippen LogP contribution in [-0.2, 0) is 18.0 Å². The van der Waals surface area contributed by atoms with Gasteiger partial charge in [-0.2, -0.15) is 0 Å². The first-order valence-corrected chi connectivity index (χ1v) is 6.31. The second-order valence-corrected chi connectivity index (χ2v) is 4.65. The third-order valence-corrected chi connectivity index (χ3v) is 2.94. The van der Waals surface area contributed by atoms with Crippen LogP contribution in [0.3, 0.4) is 0 Å². The van der Waals surface area contributed by atoms with Gasteiger partial charge in [0.25, 0.3) is 0 Å². The van der Waals surface area contributed by atoms with Crippen molar-refractivity contribution in [2.45, 2.75) is 13.2 Å². The van der Waals surface area contributed by atoms with Crippen LogP contribution in [0.15, 0.2) is 42.5 Å². The Morgan fingerprint density at radius 1 is 1.11 bits per heavy atom. The van der Waals surface area contributed by atoms with Gasteiger partial charge in [-0.05, 0) is 35.9 Å². The van der Waals surface area contributed by atoms with Gasteiger partial charge in [0.2, 0.25) is 0 Å². The maximum atomic E-state index is 5.94. The number of methoxy groups -OCH3 is 1. The summed E-state index contributed by atoms with van der Waals surface area (Å²) in [5.74, 6) is 0.786. The number of rotatable bonds is 5. The van der Waals surface area contributed by atoms with Gasteiger partial charge < -0.3 is 15.2 Å². The Hall–Kier alpha value is -1.71. The number of anilines is 1. The lowest BCUT2D eigenvalue weighted by atomic mass is 10.2. The summed E-state index contributed by atoms with van der Waals surface area (Å²) in [4.78, 5) is 0. The second-order valence-electron chi connectivity index (χ2n) is 4.21. The van der Waals surface area contributed by atoms with Crippen molar-refractivity contribution < 1.29 is 9.47 Å². The highest BCUT2D eigenvalue weighted by molar-refractivity contribution is 6.30. The van der Waals surface area contributed by atoms with E-state index in [0.29, 0.717) is 23.9 Å². The molecule has 2 aromatic rings. The second kappa shape index (κ2) is 6.45. The molecule has 0 aliphatic heterocycles. The van der Waals surface area contributed by atoms with Crippen LogP contribution in [0.4, 0.5) is 5.69 Å². The predicted octanol–water partition coefficient (Wildman–Crippen LogP) is 3.65. The van der Waals surface area contributed by atoms with E-state index in [1.165, 1.54) is 0 Å². The molecule has 3 nitrogen and oxygen atoms in total. The molecule has 0 aliphatic rings. The molecule has 0 heterocycles. The van der Waals surface area contributed by atoms with E-state index in [4.69, 9.17) is 26.8 Å². The highest BCUT2D eigenvalue weighted by atomic mass is 35.5. The molecule has 0 amide bonds. The molecular formula is C15H16ClNO2. The third kappa shape index (κ3) is 3.88. The molecule has 0 atom stereocenters. The molecule has 2 N–H and O–H groups in total. The van der Waals surface area contributed by atoms with Gasteiger partial charge >= 0.3 is 0 Å². The van der Waals surface area contributed by atoms with Crippen molar-refractivity contribution >= 4 is 17.3 Å². The molecule has 0 spiro atoms. The van der Waals surface area contributed by atoms with Gasteiger partial charge in [-0.15, -0.1) is 0 Å². The average molecular weight is 278 g/mol. The molecule has 0 unspecified atom stereocenters. The highest BCUT2D eigenvalue weighted by Gasteiger charge is 2.02. The van der Waals surface area contributed by atoms with Crippen LogP contribution in [0.25, 0.3) is 0 Å². The number of ether oxygens (including phenoxy) is 2. The maximum absolute atomic E-state index is 5.94. The zero-order chi connectivity index (χ0) is 13.7. The van der Waals surface area contributed by atoms with Crippen LogP contribution in [-0.4, -0.2) is 7.11 Å². The zero-order valence-electron chi connectivity index (χ0n) is 10.7. The molecule has 0 saturated carbocycles. The molecule has 4 heteroatoms. The molecule has 0 saturated heterocycles. The fourth-order valence-corrected chi connectivity index (χ4v) is 1.95. The SMILES string of the molecule is COCc1cccc(OCc2cc(Cl)ccc2N)c1. The van der Waals surface area contributed by atoms with Crippen LogP contribution in [0.1, 0.15) is 11.1 Å². The van der Waals surface area contributed by atoms with Gasteiger partial charge in [-0.1, -0.05) is 23.7 Å². The van der Waals surface area contributed by atoms with Crippen LogP contribution < -0.4 is 10.5 Å². The van der Waals surface area contributed by atoms with Gasteiger partial charge in [-0.3, -0.25) is 0 Å². The number of benzene rings is 2. The van der Waals surface area contributed by atoms with E-state index in [-0.39, 0.29) is 0 Å². The third-order valence-electron chi connectivity index (χ3n) is 2.71. The van der Waals surface area contributed by atoms with Crippen molar-refractivity contribution in [3.05, 3.63) is 58.6 Å². The molecule has 0 fully saturated rings. The first-order chi connectivity index (χ1) is 9.19. The highest BCUT2D eigenvalue weighted by Crippen LogP contribution is 2.21. The Bertz CT molecular complexity index is 558. The minimum atomic E-state index is 0.392. The van der Waals surface area contributed by atoms with E-state index in [9.17, 15) is 0 Å². The number of nitrogens with two attached hydrogens (primary N) is 1. The van der Waals surface area contributed by atoms with E-state index in [0.717, 1.165) is 16.9 Å². The summed E-state index contributed by atoms with van der Waals surface area (Å²) < 4.78 is 10.8. The van der Waals surface area contributed by atoms with E-state index in [2.05, 4.69) is 0 Å². The number of hydrogen-bond acceptors (Lipinski definition) is 3. The summed E-state index contributed by atoms with van der Waals surface area (Å²) in [5, 5.41) is 0.654. The van der Waals surface area contributed by atoms with Gasteiger partial charge in [0.05, 0.1) is 6.61 Å². The van der Waals surface area contributed by atoms with Crippen molar-refractivity contribution in [2.24, 2.45) is 0 Å². The average Bonchev–Trinajstić information content (AvgIpc) is 2.41. The Morgan fingerprint density at radius 2 is 1.95 bits per heavy atom. The first-order valence-electron chi connectivity index (χ1n) is 5.93. The quantitative estimate of drug-likeness (QED) is 0.849. The van der Waals surface area contributed by atoms with Gasteiger partial charge in [-0.25, -0.2) is 0 Å². The Kier molecular flexibility index (Phi) is 4.66. The van der Waals surface area contributed by atoms with E-state index in [1.54, 1.807) is 19.2 Å². The molecule has 0 bridgehead atoms. The van der Waals surface area contributed by atoms with Crippen LogP contribution in [0, 0.1) is 0 Å². The summed E-state index contributed by atoms with van der Waals surface area (Å²) in [7, 11) is 1.67. The monoisotopic (exact) mass is 277 g/mol. The van der Waals surface area contributed by atoms with Crippen molar-refractivity contribution in [2.75, 3.05) is 12.8 Å². The van der Waals surface area contributed by atoms with Gasteiger partial charge in [0, 0.05) is 23.4 Å². The number of hydrogen-bond donors (Lipinski definition) is 1. The Morgan fingerprint density at radius 3 is 2.74 bits per heavy atom. The minimum absolute atomic E-state index is 0.392. The Balaban J connectivity index is 2.05. The summed E-state index contributed by atoms with van der Waals surface area (Å²) >= 11 is 5.94. The van der Waals surface area contributed by atoms with Crippen LogP contribution >= 0.6 is 11.6 Å². The minimum Gasteiger partial charge on any atom is -0.489 e. The lowest BCUT2D eigenvalue weighted by Gasteiger charge is -2.10. The standard InChI is InChI=1S/C15H16ClNO2/c1-18-9-11-3-2-4-14(7-11)19-10-12-8-13(16)5-6-15(12)17/h2-8H,9-10,17H2,1H3. The summed E-state index contributed by atoms with van der Waals surface area (Å²) in [6.45, 7) is 0.958. The molecule has 0 aliphatic carbocycles. The molecule has 100 valence electrons. The lowest BCUT2D eigenvalue weighted by Crippen LogP contribution is -2.00. The molecular weight excluding hydrogens is 262 g/mol. The van der Waals surface area contributed by atoms with Gasteiger partial charge in [0.15, 0.2) is 0 Å². The van der Waals surface area contributed by atoms with Crippen molar-refractivity contribution in [3.8, 4) is 5.75 Å². The van der Waals surface area contributed by atoms with E-state index < -0.39 is 0 Å². The largest absolute Gasteiger partial charge is 0.489 e. The zero-order valence-corrected chi connectivity index (χ0v) is 11.5. The van der Waals surface area contributed by atoms with E-state index in [1.807, 2.05) is 30.3 Å². The first kappa shape index (κ1) is 13.7. The lowest BCUT2D eigenvalue weighted by molar-refractivity contribution is 0.184. The van der Waals surface area contributed by atoms with E-state index >= 15 is 0 Å². The fourth-order valence-electron chi connectivity index (χ4n) is 1.75. The topological polar surface area (TPSA) is 44.5 Å². The molecule has 2 rings (SSSR count). The predicted molar refractivity (Wildman–Crippen MR) is 77.4 cm³/mol. The Labute approximate surface area is 117 Å². The maximum Gasteiger partial charge on any atom is 0.120 e. The molecule has 19 heavy (non-hydrogen) atoms. The van der Waals surface area contributed by atoms with Crippen molar-refractivity contribution in [1.82, 2.24) is 0 Å². The van der Waals surface area contributed by atoms with Crippen molar-refractivity contribution in [3.63, 3.8) is 0 Å². The van der Waals surface area contributed by atoms with Gasteiger partial charge in [0.1, 0.15) is 12.4 Å². The number of nitrogen functional groups attached to an aromatic ring is 1. The molecule has 2 aromatic carbocycles. The molecule has 0 aromatic heterocycles. The number of halogens is 1.